The highest BCUT2D eigenvalue weighted by Gasteiger charge is 2.17. The number of aromatic nitrogens is 1. The average molecular weight is 352 g/mol. The minimum Gasteiger partial charge on any atom is -0.354 e. The van der Waals surface area contributed by atoms with E-state index >= 15 is 0 Å². The molecule has 1 amide bonds. The van der Waals surface area contributed by atoms with Gasteiger partial charge in [0, 0.05) is 24.1 Å². The average Bonchev–Trinajstić information content (AvgIpc) is 2.65. The third-order valence-corrected chi connectivity index (χ3v) is 4.09. The van der Waals surface area contributed by atoms with Crippen molar-refractivity contribution in [1.82, 2.24) is 4.98 Å². The summed E-state index contributed by atoms with van der Waals surface area (Å²) in [6, 6.07) is 20.6. The molecule has 0 aliphatic carbocycles. The molecule has 0 radical (unpaired) electrons. The van der Waals surface area contributed by atoms with E-state index in [1.54, 1.807) is 23.2 Å². The van der Waals surface area contributed by atoms with E-state index in [1.165, 1.54) is 0 Å². The van der Waals surface area contributed by atoms with Gasteiger partial charge in [-0.1, -0.05) is 41.9 Å². The van der Waals surface area contributed by atoms with E-state index in [2.05, 4.69) is 10.3 Å². The Morgan fingerprint density at radius 3 is 2.52 bits per heavy atom. The highest BCUT2D eigenvalue weighted by molar-refractivity contribution is 6.33. The highest BCUT2D eigenvalue weighted by atomic mass is 35.5. The molecule has 126 valence electrons. The number of benzene rings is 2. The molecule has 0 aliphatic rings. The second kappa shape index (κ2) is 7.81. The maximum absolute atomic E-state index is 12.9. The van der Waals surface area contributed by atoms with Crippen molar-refractivity contribution in [1.29, 1.82) is 0 Å². The zero-order valence-corrected chi connectivity index (χ0v) is 14.6. The Kier molecular flexibility index (Phi) is 5.31. The molecule has 0 unspecified atom stereocenters. The van der Waals surface area contributed by atoms with Crippen LogP contribution in [0.15, 0.2) is 72.9 Å². The molecule has 5 heteroatoms. The van der Waals surface area contributed by atoms with Crippen molar-refractivity contribution in [3.8, 4) is 0 Å². The Morgan fingerprint density at radius 2 is 1.80 bits per heavy atom. The van der Waals surface area contributed by atoms with Crippen LogP contribution in [0.1, 0.15) is 17.4 Å². The van der Waals surface area contributed by atoms with Gasteiger partial charge in [0.1, 0.15) is 5.69 Å². The molecule has 1 aromatic heterocycles. The monoisotopic (exact) mass is 351 g/mol. The fraction of sp³-hybridized carbons (Fsp3) is 0.100. The zero-order valence-electron chi connectivity index (χ0n) is 13.8. The topological polar surface area (TPSA) is 45.2 Å². The second-order valence-corrected chi connectivity index (χ2v) is 5.83. The maximum atomic E-state index is 12.9. The standard InChI is InChI=1S/C20H18ClN3O/c1-2-24(16-8-4-3-5-9-16)20(25)19-14-15(12-13-22-19)23-18-11-7-6-10-17(18)21/h3-14H,2H2,1H3,(H,22,23). The lowest BCUT2D eigenvalue weighted by molar-refractivity contribution is 0.0983. The number of rotatable bonds is 5. The van der Waals surface area contributed by atoms with Gasteiger partial charge in [0.2, 0.25) is 0 Å². The van der Waals surface area contributed by atoms with E-state index in [-0.39, 0.29) is 5.91 Å². The largest absolute Gasteiger partial charge is 0.354 e. The minimum atomic E-state index is -0.142. The van der Waals surface area contributed by atoms with Crippen LogP contribution < -0.4 is 10.2 Å². The fourth-order valence-corrected chi connectivity index (χ4v) is 2.72. The van der Waals surface area contributed by atoms with Gasteiger partial charge in [0.25, 0.3) is 5.91 Å². The number of nitrogens with one attached hydrogen (secondary N) is 1. The van der Waals surface area contributed by atoms with Crippen LogP contribution in [0.2, 0.25) is 5.02 Å². The number of hydrogen-bond donors (Lipinski definition) is 1. The lowest BCUT2D eigenvalue weighted by Gasteiger charge is -2.20. The molecule has 0 saturated heterocycles. The molecule has 0 spiro atoms. The molecule has 0 bridgehead atoms. The third kappa shape index (κ3) is 3.98. The predicted molar refractivity (Wildman–Crippen MR) is 103 cm³/mol. The van der Waals surface area contributed by atoms with Crippen LogP contribution in [-0.2, 0) is 0 Å². The smallest absolute Gasteiger partial charge is 0.276 e. The van der Waals surface area contributed by atoms with Crippen molar-refractivity contribution >= 4 is 34.6 Å². The van der Waals surface area contributed by atoms with E-state index in [0.717, 1.165) is 17.1 Å². The van der Waals surface area contributed by atoms with Gasteiger partial charge in [-0.25, -0.2) is 0 Å². The Morgan fingerprint density at radius 1 is 1.08 bits per heavy atom. The first kappa shape index (κ1) is 17.0. The number of halogens is 1. The molecule has 1 heterocycles. The number of hydrogen-bond acceptors (Lipinski definition) is 3. The van der Waals surface area contributed by atoms with Gasteiger partial charge in [-0.2, -0.15) is 0 Å². The summed E-state index contributed by atoms with van der Waals surface area (Å²) in [6.45, 7) is 2.50. The van der Waals surface area contributed by atoms with Gasteiger partial charge in [-0.05, 0) is 43.3 Å². The van der Waals surface area contributed by atoms with Crippen LogP contribution in [-0.4, -0.2) is 17.4 Å². The number of anilines is 3. The molecule has 0 atom stereocenters. The van der Waals surface area contributed by atoms with E-state index in [0.29, 0.717) is 17.3 Å². The number of carbonyl (C=O) groups excluding carboxylic acids is 1. The van der Waals surface area contributed by atoms with Crippen LogP contribution in [0.4, 0.5) is 17.1 Å². The van der Waals surface area contributed by atoms with Crippen molar-refractivity contribution in [3.05, 3.63) is 83.6 Å². The summed E-state index contributed by atoms with van der Waals surface area (Å²) in [4.78, 5) is 18.8. The van der Waals surface area contributed by atoms with E-state index in [9.17, 15) is 4.79 Å². The lowest BCUT2D eigenvalue weighted by atomic mass is 10.2. The summed E-state index contributed by atoms with van der Waals surface area (Å²) in [5, 5.41) is 3.84. The molecule has 25 heavy (non-hydrogen) atoms. The van der Waals surface area contributed by atoms with Crippen LogP contribution in [0.5, 0.6) is 0 Å². The SMILES string of the molecule is CCN(C(=O)c1cc(Nc2ccccc2Cl)ccn1)c1ccccc1. The van der Waals surface area contributed by atoms with Gasteiger partial charge in [-0.15, -0.1) is 0 Å². The van der Waals surface area contributed by atoms with Crippen molar-refractivity contribution < 1.29 is 4.79 Å². The van der Waals surface area contributed by atoms with Crippen molar-refractivity contribution in [2.45, 2.75) is 6.92 Å². The van der Waals surface area contributed by atoms with Crippen molar-refractivity contribution in [2.75, 3.05) is 16.8 Å². The summed E-state index contributed by atoms with van der Waals surface area (Å²) in [5.74, 6) is -0.142. The normalized spacial score (nSPS) is 10.3. The number of nitrogens with zero attached hydrogens (tertiary/aromatic N) is 2. The first-order valence-corrected chi connectivity index (χ1v) is 8.41. The van der Waals surface area contributed by atoms with E-state index in [1.807, 2.05) is 61.5 Å². The second-order valence-electron chi connectivity index (χ2n) is 5.42. The number of amides is 1. The first-order valence-electron chi connectivity index (χ1n) is 8.03. The minimum absolute atomic E-state index is 0.142. The van der Waals surface area contributed by atoms with Crippen LogP contribution in [0.25, 0.3) is 0 Å². The van der Waals surface area contributed by atoms with Gasteiger partial charge >= 0.3 is 0 Å². The Labute approximate surface area is 152 Å². The van der Waals surface area contributed by atoms with Crippen LogP contribution >= 0.6 is 11.6 Å². The molecule has 0 saturated carbocycles. The lowest BCUT2D eigenvalue weighted by Crippen LogP contribution is -2.31. The maximum Gasteiger partial charge on any atom is 0.276 e. The molecular weight excluding hydrogens is 334 g/mol. The molecule has 3 aromatic rings. The highest BCUT2D eigenvalue weighted by Crippen LogP contribution is 2.25. The van der Waals surface area contributed by atoms with Gasteiger partial charge < -0.3 is 10.2 Å². The number of para-hydroxylation sites is 2. The Bertz CT molecular complexity index is 868. The summed E-state index contributed by atoms with van der Waals surface area (Å²) in [7, 11) is 0. The molecular formula is C20H18ClN3O. The molecule has 0 aliphatic heterocycles. The summed E-state index contributed by atoms with van der Waals surface area (Å²) in [5.41, 5.74) is 2.77. The fourth-order valence-electron chi connectivity index (χ4n) is 2.53. The molecule has 3 rings (SSSR count). The van der Waals surface area contributed by atoms with E-state index < -0.39 is 0 Å². The molecule has 4 nitrogen and oxygen atoms in total. The Balaban J connectivity index is 1.85. The van der Waals surface area contributed by atoms with Crippen molar-refractivity contribution in [3.63, 3.8) is 0 Å². The number of carbonyl (C=O) groups is 1. The zero-order chi connectivity index (χ0) is 17.6. The van der Waals surface area contributed by atoms with E-state index in [4.69, 9.17) is 11.6 Å². The summed E-state index contributed by atoms with van der Waals surface area (Å²) >= 11 is 6.18. The van der Waals surface area contributed by atoms with Crippen LogP contribution in [0, 0.1) is 0 Å². The van der Waals surface area contributed by atoms with Gasteiger partial charge in [0.15, 0.2) is 0 Å². The quantitative estimate of drug-likeness (QED) is 0.691. The molecule has 0 fully saturated rings. The first-order chi connectivity index (χ1) is 12.2. The van der Waals surface area contributed by atoms with Crippen LogP contribution in [0.3, 0.4) is 0 Å². The predicted octanol–water partition coefficient (Wildman–Crippen LogP) is 5.15. The summed E-state index contributed by atoms with van der Waals surface area (Å²) in [6.07, 6.45) is 1.62. The third-order valence-electron chi connectivity index (χ3n) is 3.76. The molecule has 1 N–H and O–H groups in total. The molecule has 2 aromatic carbocycles. The van der Waals surface area contributed by atoms with Gasteiger partial charge in [-0.3, -0.25) is 9.78 Å². The van der Waals surface area contributed by atoms with Crippen molar-refractivity contribution in [2.24, 2.45) is 0 Å². The number of pyridine rings is 1. The summed E-state index contributed by atoms with van der Waals surface area (Å²) < 4.78 is 0. The van der Waals surface area contributed by atoms with Gasteiger partial charge in [0.05, 0.1) is 10.7 Å². The Hall–Kier alpha value is -2.85.